The van der Waals surface area contributed by atoms with Gasteiger partial charge in [0.15, 0.2) is 0 Å². The number of carbonyl (C=O) groups excluding carboxylic acids is 1. The molecular weight excluding hydrogens is 200 g/mol. The number of rotatable bonds is 2. The molecule has 3 heteroatoms. The van der Waals surface area contributed by atoms with Crippen molar-refractivity contribution in [3.63, 3.8) is 0 Å². The highest BCUT2D eigenvalue weighted by molar-refractivity contribution is 5.73. The van der Waals surface area contributed by atoms with Crippen molar-refractivity contribution >= 4 is 5.91 Å². The Hall–Kier alpha value is -0.570. The van der Waals surface area contributed by atoms with Gasteiger partial charge >= 0.3 is 0 Å². The molecule has 0 aromatic rings. The molecule has 3 nitrogen and oxygen atoms in total. The quantitative estimate of drug-likeness (QED) is 0.715. The van der Waals surface area contributed by atoms with Gasteiger partial charge in [-0.15, -0.1) is 0 Å². The second-order valence-corrected chi connectivity index (χ2v) is 5.22. The van der Waals surface area contributed by atoms with Crippen molar-refractivity contribution in [3.8, 4) is 0 Å². The minimum Gasteiger partial charge on any atom is -0.339 e. The Morgan fingerprint density at radius 3 is 2.44 bits per heavy atom. The molecule has 0 aliphatic carbocycles. The maximum absolute atomic E-state index is 11.6. The predicted molar refractivity (Wildman–Crippen MR) is 65.3 cm³/mol. The van der Waals surface area contributed by atoms with Crippen LogP contribution in [0.1, 0.15) is 45.4 Å². The molecule has 0 saturated carbocycles. The van der Waals surface area contributed by atoms with Gasteiger partial charge in [-0.25, -0.2) is 0 Å². The Labute approximate surface area is 98.8 Å². The molecule has 2 aliphatic heterocycles. The lowest BCUT2D eigenvalue weighted by molar-refractivity contribution is -0.133. The second-order valence-electron chi connectivity index (χ2n) is 5.22. The van der Waals surface area contributed by atoms with Crippen molar-refractivity contribution in [2.45, 2.75) is 51.5 Å². The fourth-order valence-electron chi connectivity index (χ4n) is 3.04. The molecule has 2 rings (SSSR count). The van der Waals surface area contributed by atoms with Gasteiger partial charge in [0.25, 0.3) is 0 Å². The van der Waals surface area contributed by atoms with E-state index in [2.05, 4.69) is 9.80 Å². The highest BCUT2D eigenvalue weighted by atomic mass is 16.2. The second kappa shape index (κ2) is 5.67. The Bertz CT molecular complexity index is 236. The van der Waals surface area contributed by atoms with E-state index in [1.165, 1.54) is 51.6 Å². The van der Waals surface area contributed by atoms with E-state index < -0.39 is 0 Å². The average Bonchev–Trinajstić information content (AvgIpc) is 2.31. The van der Waals surface area contributed by atoms with Crippen LogP contribution in [0.5, 0.6) is 0 Å². The molecule has 0 bridgehead atoms. The topological polar surface area (TPSA) is 23.6 Å². The minimum absolute atomic E-state index is 0.265. The first-order valence-electron chi connectivity index (χ1n) is 6.77. The lowest BCUT2D eigenvalue weighted by Crippen LogP contribution is -2.49. The van der Waals surface area contributed by atoms with Crippen LogP contribution in [0.15, 0.2) is 0 Å². The number of likely N-dealkylation sites (tertiary alicyclic amines) is 2. The summed E-state index contributed by atoms with van der Waals surface area (Å²) in [6.07, 6.45) is 7.76. The zero-order chi connectivity index (χ0) is 11.4. The summed E-state index contributed by atoms with van der Waals surface area (Å²) in [5.74, 6) is 0.265. The molecule has 0 spiro atoms. The highest BCUT2D eigenvalue weighted by Gasteiger charge is 2.26. The van der Waals surface area contributed by atoms with E-state index in [0.29, 0.717) is 6.04 Å². The molecule has 1 amide bonds. The van der Waals surface area contributed by atoms with Crippen molar-refractivity contribution in [3.05, 3.63) is 0 Å². The summed E-state index contributed by atoms with van der Waals surface area (Å²) in [6.45, 7) is 6.28. The molecule has 1 unspecified atom stereocenters. The van der Waals surface area contributed by atoms with Crippen molar-refractivity contribution < 1.29 is 4.79 Å². The van der Waals surface area contributed by atoms with Gasteiger partial charge in [0, 0.05) is 26.1 Å². The third-order valence-corrected chi connectivity index (χ3v) is 3.95. The number of carbonyl (C=O) groups is 1. The van der Waals surface area contributed by atoms with Crippen LogP contribution in [0.3, 0.4) is 0 Å². The van der Waals surface area contributed by atoms with Gasteiger partial charge in [-0.05, 0) is 45.2 Å². The van der Waals surface area contributed by atoms with E-state index in [1.807, 2.05) is 0 Å². The van der Waals surface area contributed by atoms with Gasteiger partial charge in [0.2, 0.25) is 5.91 Å². The molecule has 2 aliphatic rings. The molecule has 0 aromatic carbocycles. The molecule has 2 saturated heterocycles. The minimum atomic E-state index is 0.265. The lowest BCUT2D eigenvalue weighted by atomic mass is 10.0. The monoisotopic (exact) mass is 224 g/mol. The Balaban J connectivity index is 1.87. The van der Waals surface area contributed by atoms with E-state index in [0.717, 1.165) is 13.1 Å². The SMILES string of the molecule is CC(=O)N1CCCCC1CN1CCCCC1. The summed E-state index contributed by atoms with van der Waals surface area (Å²) in [6, 6.07) is 0.490. The summed E-state index contributed by atoms with van der Waals surface area (Å²) in [7, 11) is 0. The van der Waals surface area contributed by atoms with Crippen molar-refractivity contribution in [2.24, 2.45) is 0 Å². The van der Waals surface area contributed by atoms with E-state index in [-0.39, 0.29) is 5.91 Å². The van der Waals surface area contributed by atoms with E-state index in [1.54, 1.807) is 6.92 Å². The number of hydrogen-bond donors (Lipinski definition) is 0. The molecule has 92 valence electrons. The average molecular weight is 224 g/mol. The zero-order valence-electron chi connectivity index (χ0n) is 10.5. The summed E-state index contributed by atoms with van der Waals surface area (Å²) >= 11 is 0. The van der Waals surface area contributed by atoms with Crippen LogP contribution in [0, 0.1) is 0 Å². The van der Waals surface area contributed by atoms with E-state index in [9.17, 15) is 4.79 Å². The molecule has 2 fully saturated rings. The lowest BCUT2D eigenvalue weighted by Gasteiger charge is -2.39. The summed E-state index contributed by atoms with van der Waals surface area (Å²) in [4.78, 5) is 16.2. The Kier molecular flexibility index (Phi) is 4.22. The molecular formula is C13H24N2O. The standard InChI is InChI=1S/C13H24N2O/c1-12(16)15-10-6-3-7-13(15)11-14-8-4-2-5-9-14/h13H,2-11H2,1H3. The van der Waals surface area contributed by atoms with Crippen LogP contribution in [0.4, 0.5) is 0 Å². The number of amides is 1. The molecule has 16 heavy (non-hydrogen) atoms. The summed E-state index contributed by atoms with van der Waals surface area (Å²) < 4.78 is 0. The van der Waals surface area contributed by atoms with Crippen LogP contribution in [0.25, 0.3) is 0 Å². The maximum atomic E-state index is 11.6. The van der Waals surface area contributed by atoms with Gasteiger partial charge in [0.05, 0.1) is 0 Å². The van der Waals surface area contributed by atoms with Crippen LogP contribution in [0.2, 0.25) is 0 Å². The van der Waals surface area contributed by atoms with Gasteiger partial charge < -0.3 is 9.80 Å². The molecule has 2 heterocycles. The fraction of sp³-hybridized carbons (Fsp3) is 0.923. The first-order valence-corrected chi connectivity index (χ1v) is 6.77. The predicted octanol–water partition coefficient (Wildman–Crippen LogP) is 1.87. The van der Waals surface area contributed by atoms with Crippen LogP contribution < -0.4 is 0 Å². The number of nitrogens with zero attached hydrogens (tertiary/aromatic N) is 2. The molecule has 0 N–H and O–H groups in total. The van der Waals surface area contributed by atoms with Gasteiger partial charge in [-0.1, -0.05) is 6.42 Å². The smallest absolute Gasteiger partial charge is 0.219 e. The Morgan fingerprint density at radius 1 is 1.06 bits per heavy atom. The van der Waals surface area contributed by atoms with Gasteiger partial charge in [-0.3, -0.25) is 4.79 Å². The van der Waals surface area contributed by atoms with E-state index >= 15 is 0 Å². The van der Waals surface area contributed by atoms with Crippen LogP contribution in [-0.4, -0.2) is 47.9 Å². The number of piperidine rings is 2. The third-order valence-electron chi connectivity index (χ3n) is 3.95. The fourth-order valence-corrected chi connectivity index (χ4v) is 3.04. The first-order chi connectivity index (χ1) is 7.77. The molecule has 0 radical (unpaired) electrons. The van der Waals surface area contributed by atoms with Crippen molar-refractivity contribution in [1.82, 2.24) is 9.80 Å². The number of hydrogen-bond acceptors (Lipinski definition) is 2. The molecule has 0 aromatic heterocycles. The highest BCUT2D eigenvalue weighted by Crippen LogP contribution is 2.19. The summed E-state index contributed by atoms with van der Waals surface area (Å²) in [5, 5.41) is 0. The zero-order valence-corrected chi connectivity index (χ0v) is 10.5. The largest absolute Gasteiger partial charge is 0.339 e. The normalized spacial score (nSPS) is 28.1. The Morgan fingerprint density at radius 2 is 1.75 bits per heavy atom. The van der Waals surface area contributed by atoms with Gasteiger partial charge in [-0.2, -0.15) is 0 Å². The first kappa shape index (κ1) is 11.9. The van der Waals surface area contributed by atoms with Crippen molar-refractivity contribution in [2.75, 3.05) is 26.2 Å². The van der Waals surface area contributed by atoms with E-state index in [4.69, 9.17) is 0 Å². The summed E-state index contributed by atoms with van der Waals surface area (Å²) in [5.41, 5.74) is 0. The molecule has 1 atom stereocenters. The van der Waals surface area contributed by atoms with Crippen molar-refractivity contribution in [1.29, 1.82) is 0 Å². The van der Waals surface area contributed by atoms with Crippen LogP contribution >= 0.6 is 0 Å². The van der Waals surface area contributed by atoms with Crippen LogP contribution in [-0.2, 0) is 4.79 Å². The third kappa shape index (κ3) is 2.97. The maximum Gasteiger partial charge on any atom is 0.219 e. The van der Waals surface area contributed by atoms with Gasteiger partial charge in [0.1, 0.15) is 0 Å².